The maximum absolute atomic E-state index is 12.7. The molecule has 1 saturated heterocycles. The first-order valence-electron chi connectivity index (χ1n) is 9.56. The maximum atomic E-state index is 12.7. The lowest BCUT2D eigenvalue weighted by atomic mass is 10.2. The second kappa shape index (κ2) is 8.27. The third kappa shape index (κ3) is 4.08. The summed E-state index contributed by atoms with van der Waals surface area (Å²) in [5, 5.41) is 17.8. The van der Waals surface area contributed by atoms with Gasteiger partial charge in [-0.25, -0.2) is 4.68 Å². The molecule has 31 heavy (non-hydrogen) atoms. The van der Waals surface area contributed by atoms with E-state index in [4.69, 9.17) is 4.74 Å². The molecule has 0 aliphatic carbocycles. The number of non-ortho nitro benzene ring substituents is 1. The summed E-state index contributed by atoms with van der Waals surface area (Å²) in [7, 11) is 1.53. The Hall–Kier alpha value is -4.21. The van der Waals surface area contributed by atoms with Gasteiger partial charge < -0.3 is 15.0 Å². The van der Waals surface area contributed by atoms with Crippen LogP contribution < -0.4 is 15.0 Å². The molecule has 0 spiro atoms. The predicted molar refractivity (Wildman–Crippen MR) is 113 cm³/mol. The van der Waals surface area contributed by atoms with Crippen molar-refractivity contribution in [1.29, 1.82) is 0 Å². The zero-order valence-electron chi connectivity index (χ0n) is 16.6. The SMILES string of the molecule is COc1ccc(NC(=O)c2ccn(-c3ccc([N+](=O)[O-])cc3)n2)cc1N1CCCC1=O. The number of ether oxygens (including phenoxy) is 1. The minimum atomic E-state index is -0.482. The lowest BCUT2D eigenvalue weighted by molar-refractivity contribution is -0.384. The maximum Gasteiger partial charge on any atom is 0.276 e. The number of methoxy groups -OCH3 is 1. The molecule has 1 fully saturated rings. The van der Waals surface area contributed by atoms with Crippen molar-refractivity contribution >= 4 is 28.9 Å². The molecule has 3 aromatic rings. The van der Waals surface area contributed by atoms with Crippen LogP contribution in [0, 0.1) is 10.1 Å². The second-order valence-corrected chi connectivity index (χ2v) is 6.91. The third-order valence-corrected chi connectivity index (χ3v) is 4.95. The third-order valence-electron chi connectivity index (χ3n) is 4.95. The molecular weight excluding hydrogens is 402 g/mol. The molecule has 1 aliphatic heterocycles. The van der Waals surface area contributed by atoms with Crippen LogP contribution in [0.1, 0.15) is 23.3 Å². The molecule has 2 heterocycles. The van der Waals surface area contributed by atoms with Crippen LogP contribution in [0.15, 0.2) is 54.7 Å². The first-order chi connectivity index (χ1) is 15.0. The van der Waals surface area contributed by atoms with E-state index in [0.29, 0.717) is 35.8 Å². The number of anilines is 2. The number of aromatic nitrogens is 2. The molecule has 0 unspecified atom stereocenters. The van der Waals surface area contributed by atoms with Crippen LogP contribution in [0.2, 0.25) is 0 Å². The van der Waals surface area contributed by atoms with Crippen LogP contribution in [0.4, 0.5) is 17.1 Å². The number of hydrogen-bond acceptors (Lipinski definition) is 6. The minimum Gasteiger partial charge on any atom is -0.495 e. The monoisotopic (exact) mass is 421 g/mol. The van der Waals surface area contributed by atoms with Gasteiger partial charge >= 0.3 is 0 Å². The van der Waals surface area contributed by atoms with Crippen molar-refractivity contribution in [3.05, 3.63) is 70.5 Å². The summed E-state index contributed by atoms with van der Waals surface area (Å²) in [6.07, 6.45) is 2.86. The van der Waals surface area contributed by atoms with E-state index in [1.807, 2.05) is 0 Å². The van der Waals surface area contributed by atoms with E-state index >= 15 is 0 Å². The van der Waals surface area contributed by atoms with Gasteiger partial charge in [-0.05, 0) is 42.8 Å². The second-order valence-electron chi connectivity index (χ2n) is 6.91. The molecule has 0 atom stereocenters. The van der Waals surface area contributed by atoms with Crippen LogP contribution in [-0.4, -0.2) is 40.2 Å². The molecule has 0 radical (unpaired) electrons. The highest BCUT2D eigenvalue weighted by Gasteiger charge is 2.25. The summed E-state index contributed by atoms with van der Waals surface area (Å²) in [6.45, 7) is 0.603. The summed E-state index contributed by atoms with van der Waals surface area (Å²) in [5.74, 6) is 0.142. The number of hydrogen-bond donors (Lipinski definition) is 1. The van der Waals surface area contributed by atoms with Gasteiger partial charge in [0.05, 0.1) is 23.4 Å². The molecule has 2 amide bonds. The molecule has 2 aromatic carbocycles. The van der Waals surface area contributed by atoms with Crippen LogP contribution in [-0.2, 0) is 4.79 Å². The Labute approximate surface area is 177 Å². The molecule has 10 nitrogen and oxygen atoms in total. The van der Waals surface area contributed by atoms with Gasteiger partial charge in [-0.15, -0.1) is 0 Å². The van der Waals surface area contributed by atoms with Gasteiger partial charge in [-0.1, -0.05) is 0 Å². The lowest BCUT2D eigenvalue weighted by Crippen LogP contribution is -2.24. The number of benzene rings is 2. The number of amides is 2. The fourth-order valence-corrected chi connectivity index (χ4v) is 3.39. The Morgan fingerprint density at radius 1 is 1.19 bits per heavy atom. The van der Waals surface area contributed by atoms with E-state index in [2.05, 4.69) is 10.4 Å². The number of carbonyl (C=O) groups is 2. The Bertz CT molecular complexity index is 1160. The molecule has 0 saturated carbocycles. The van der Waals surface area contributed by atoms with Crippen LogP contribution in [0.25, 0.3) is 5.69 Å². The van der Waals surface area contributed by atoms with E-state index in [1.165, 1.54) is 23.9 Å². The number of carbonyl (C=O) groups excluding carboxylic acids is 2. The molecular formula is C21H19N5O5. The van der Waals surface area contributed by atoms with Crippen molar-refractivity contribution in [3.8, 4) is 11.4 Å². The van der Waals surface area contributed by atoms with Gasteiger partial charge in [-0.3, -0.25) is 19.7 Å². The first-order valence-corrected chi connectivity index (χ1v) is 9.56. The Kier molecular flexibility index (Phi) is 5.35. The molecule has 1 N–H and O–H groups in total. The number of nitro benzene ring substituents is 1. The van der Waals surface area contributed by atoms with Crippen molar-refractivity contribution in [1.82, 2.24) is 9.78 Å². The standard InChI is InChI=1S/C21H19N5O5/c1-31-19-9-4-14(13-18(19)24-11-2-3-20(24)27)22-21(28)17-10-12-25(23-17)15-5-7-16(8-6-15)26(29)30/h4-10,12-13H,2-3,11H2,1H3,(H,22,28). The number of nitrogens with one attached hydrogen (secondary N) is 1. The van der Waals surface area contributed by atoms with E-state index in [1.54, 1.807) is 47.5 Å². The van der Waals surface area contributed by atoms with Gasteiger partial charge in [0.15, 0.2) is 5.69 Å². The van der Waals surface area contributed by atoms with E-state index in [9.17, 15) is 19.7 Å². The van der Waals surface area contributed by atoms with Crippen molar-refractivity contribution in [2.45, 2.75) is 12.8 Å². The number of nitrogens with zero attached hydrogens (tertiary/aromatic N) is 4. The van der Waals surface area contributed by atoms with Gasteiger partial charge in [-0.2, -0.15) is 5.10 Å². The number of nitro groups is 1. The summed E-state index contributed by atoms with van der Waals surface area (Å²) in [4.78, 5) is 36.7. The van der Waals surface area contributed by atoms with Gasteiger partial charge in [0, 0.05) is 37.0 Å². The average Bonchev–Trinajstić information content (AvgIpc) is 3.43. The zero-order valence-corrected chi connectivity index (χ0v) is 16.6. The van der Waals surface area contributed by atoms with Gasteiger partial charge in [0.2, 0.25) is 5.91 Å². The zero-order chi connectivity index (χ0) is 22.0. The van der Waals surface area contributed by atoms with Crippen LogP contribution in [0.5, 0.6) is 5.75 Å². The fourth-order valence-electron chi connectivity index (χ4n) is 3.39. The van der Waals surface area contributed by atoms with Crippen molar-refractivity contribution in [3.63, 3.8) is 0 Å². The summed E-state index contributed by atoms with van der Waals surface area (Å²) in [5.41, 5.74) is 1.85. The Balaban J connectivity index is 1.52. The van der Waals surface area contributed by atoms with Crippen molar-refractivity contribution in [2.75, 3.05) is 23.9 Å². The largest absolute Gasteiger partial charge is 0.495 e. The van der Waals surface area contributed by atoms with Gasteiger partial charge in [0.1, 0.15) is 5.75 Å². The highest BCUT2D eigenvalue weighted by Crippen LogP contribution is 2.34. The normalized spacial score (nSPS) is 13.3. The van der Waals surface area contributed by atoms with Crippen LogP contribution in [0.3, 0.4) is 0 Å². The van der Waals surface area contributed by atoms with Crippen molar-refractivity contribution < 1.29 is 19.2 Å². The number of rotatable bonds is 6. The molecule has 0 bridgehead atoms. The first kappa shape index (κ1) is 20.1. The van der Waals surface area contributed by atoms with Crippen molar-refractivity contribution in [2.24, 2.45) is 0 Å². The topological polar surface area (TPSA) is 120 Å². The lowest BCUT2D eigenvalue weighted by Gasteiger charge is -2.20. The van der Waals surface area contributed by atoms with E-state index in [0.717, 1.165) is 6.42 Å². The molecule has 158 valence electrons. The van der Waals surface area contributed by atoms with Gasteiger partial charge in [0.25, 0.3) is 11.6 Å². The molecule has 4 rings (SSSR count). The smallest absolute Gasteiger partial charge is 0.276 e. The predicted octanol–water partition coefficient (Wildman–Crippen LogP) is 3.17. The highest BCUT2D eigenvalue weighted by molar-refractivity contribution is 6.04. The summed E-state index contributed by atoms with van der Waals surface area (Å²) in [6, 6.07) is 12.5. The minimum absolute atomic E-state index is 0.0172. The van der Waals surface area contributed by atoms with Crippen LogP contribution >= 0.6 is 0 Å². The summed E-state index contributed by atoms with van der Waals surface area (Å²) < 4.78 is 6.82. The highest BCUT2D eigenvalue weighted by atomic mass is 16.6. The molecule has 10 heteroatoms. The van der Waals surface area contributed by atoms with E-state index < -0.39 is 10.8 Å². The fraction of sp³-hybridized carbons (Fsp3) is 0.190. The van der Waals surface area contributed by atoms with E-state index in [-0.39, 0.29) is 17.3 Å². The summed E-state index contributed by atoms with van der Waals surface area (Å²) >= 11 is 0. The average molecular weight is 421 g/mol. The molecule has 1 aromatic heterocycles. The quantitative estimate of drug-likeness (QED) is 0.482. The Morgan fingerprint density at radius 3 is 2.61 bits per heavy atom. The Morgan fingerprint density at radius 2 is 1.97 bits per heavy atom. The molecule has 1 aliphatic rings.